The molecule has 1 aliphatic rings. The van der Waals surface area contributed by atoms with Crippen molar-refractivity contribution >= 4 is 11.6 Å². The van der Waals surface area contributed by atoms with Crippen LogP contribution in [0.15, 0.2) is 35.9 Å². The lowest BCUT2D eigenvalue weighted by Gasteiger charge is -2.14. The topological polar surface area (TPSA) is 43.4 Å². The molecule has 0 radical (unpaired) electrons. The zero-order valence-corrected chi connectivity index (χ0v) is 9.73. The Morgan fingerprint density at radius 1 is 1.12 bits per heavy atom. The summed E-state index contributed by atoms with van der Waals surface area (Å²) in [6.07, 6.45) is 2.28. The second-order valence-corrected chi connectivity index (χ2v) is 3.96. The molecule has 3 nitrogen and oxygen atoms in total. The summed E-state index contributed by atoms with van der Waals surface area (Å²) in [5, 5.41) is 0. The molecule has 3 heteroatoms. The molecule has 17 heavy (non-hydrogen) atoms. The fraction of sp³-hybridized carbons (Fsp3) is 0.286. The van der Waals surface area contributed by atoms with Crippen molar-refractivity contribution in [2.75, 3.05) is 13.2 Å². The Balaban J connectivity index is 2.23. The van der Waals surface area contributed by atoms with Gasteiger partial charge in [0, 0.05) is 23.3 Å². The van der Waals surface area contributed by atoms with Crippen molar-refractivity contribution in [2.24, 2.45) is 0 Å². The largest absolute Gasteiger partial charge is 0.377 e. The highest BCUT2D eigenvalue weighted by Gasteiger charge is 2.24. The average Bonchev–Trinajstić information content (AvgIpc) is 2.36. The smallest absolute Gasteiger partial charge is 0.192 e. The fourth-order valence-electron chi connectivity index (χ4n) is 1.80. The van der Waals surface area contributed by atoms with Gasteiger partial charge in [-0.25, -0.2) is 0 Å². The van der Waals surface area contributed by atoms with Gasteiger partial charge in [-0.05, 0) is 12.5 Å². The van der Waals surface area contributed by atoms with Gasteiger partial charge in [0.05, 0.1) is 6.61 Å². The molecule has 0 fully saturated rings. The van der Waals surface area contributed by atoms with Crippen molar-refractivity contribution < 1.29 is 14.3 Å². The minimum Gasteiger partial charge on any atom is -0.377 e. The first kappa shape index (κ1) is 11.7. The SMILES string of the molecule is CCCOCC1=CC(=O)c2ccccc2C1=O. The van der Waals surface area contributed by atoms with Crippen molar-refractivity contribution in [3.05, 3.63) is 47.0 Å². The average molecular weight is 230 g/mol. The quantitative estimate of drug-likeness (QED) is 0.746. The minimum atomic E-state index is -0.115. The van der Waals surface area contributed by atoms with Crippen LogP contribution in [0.1, 0.15) is 34.1 Å². The number of ketones is 2. The summed E-state index contributed by atoms with van der Waals surface area (Å²) in [4.78, 5) is 23.8. The Morgan fingerprint density at radius 2 is 1.82 bits per heavy atom. The van der Waals surface area contributed by atoms with Crippen molar-refractivity contribution in [3.8, 4) is 0 Å². The van der Waals surface area contributed by atoms with E-state index in [2.05, 4.69) is 0 Å². The molecule has 0 amide bonds. The molecule has 2 rings (SSSR count). The molecule has 0 aliphatic heterocycles. The van der Waals surface area contributed by atoms with E-state index in [1.54, 1.807) is 24.3 Å². The predicted molar refractivity (Wildman–Crippen MR) is 64.3 cm³/mol. The van der Waals surface area contributed by atoms with E-state index in [4.69, 9.17) is 4.74 Å². The molecule has 0 aromatic heterocycles. The lowest BCUT2D eigenvalue weighted by atomic mass is 9.90. The van der Waals surface area contributed by atoms with Crippen LogP contribution in [0.25, 0.3) is 0 Å². The van der Waals surface area contributed by atoms with E-state index in [9.17, 15) is 9.59 Å². The van der Waals surface area contributed by atoms with Gasteiger partial charge in [-0.1, -0.05) is 31.2 Å². The van der Waals surface area contributed by atoms with Gasteiger partial charge in [0.15, 0.2) is 11.6 Å². The van der Waals surface area contributed by atoms with E-state index >= 15 is 0 Å². The number of ether oxygens (including phenoxy) is 1. The molecule has 0 unspecified atom stereocenters. The van der Waals surface area contributed by atoms with Gasteiger partial charge in [-0.3, -0.25) is 9.59 Å². The van der Waals surface area contributed by atoms with Gasteiger partial charge >= 0.3 is 0 Å². The Bertz CT molecular complexity index is 486. The molecule has 1 aromatic carbocycles. The van der Waals surface area contributed by atoms with Crippen molar-refractivity contribution in [2.45, 2.75) is 13.3 Å². The van der Waals surface area contributed by atoms with E-state index < -0.39 is 0 Å². The highest BCUT2D eigenvalue weighted by Crippen LogP contribution is 2.21. The maximum absolute atomic E-state index is 12.1. The summed E-state index contributed by atoms with van der Waals surface area (Å²) in [6, 6.07) is 6.88. The van der Waals surface area contributed by atoms with Crippen LogP contribution < -0.4 is 0 Å². The molecule has 0 saturated carbocycles. The first-order chi connectivity index (χ1) is 8.24. The van der Waals surface area contributed by atoms with Crippen LogP contribution in [-0.2, 0) is 4.74 Å². The van der Waals surface area contributed by atoms with E-state index in [1.807, 2.05) is 6.92 Å². The molecule has 0 bridgehead atoms. The number of allylic oxidation sites excluding steroid dienone is 1. The monoisotopic (exact) mass is 230 g/mol. The molecule has 0 saturated heterocycles. The molecule has 1 aromatic rings. The minimum absolute atomic E-state index is 0.101. The standard InChI is InChI=1S/C14H14O3/c1-2-7-17-9-10-8-13(15)11-5-3-4-6-12(11)14(10)16/h3-6,8H,2,7,9H2,1H3. The second-order valence-electron chi connectivity index (χ2n) is 3.96. The maximum Gasteiger partial charge on any atom is 0.192 e. The number of hydrogen-bond donors (Lipinski definition) is 0. The number of fused-ring (bicyclic) bond motifs is 1. The normalized spacial score (nSPS) is 14.5. The van der Waals surface area contributed by atoms with Gasteiger partial charge in [0.1, 0.15) is 0 Å². The molecule has 0 atom stereocenters. The van der Waals surface area contributed by atoms with Crippen LogP contribution >= 0.6 is 0 Å². The summed E-state index contributed by atoms with van der Waals surface area (Å²) in [7, 11) is 0. The Morgan fingerprint density at radius 3 is 2.53 bits per heavy atom. The van der Waals surface area contributed by atoms with Gasteiger partial charge in [-0.15, -0.1) is 0 Å². The van der Waals surface area contributed by atoms with Gasteiger partial charge in [-0.2, -0.15) is 0 Å². The third-order valence-electron chi connectivity index (χ3n) is 2.64. The third-order valence-corrected chi connectivity index (χ3v) is 2.64. The highest BCUT2D eigenvalue weighted by molar-refractivity contribution is 6.24. The fourth-order valence-corrected chi connectivity index (χ4v) is 1.80. The first-order valence-electron chi connectivity index (χ1n) is 5.70. The maximum atomic E-state index is 12.1. The molecule has 0 N–H and O–H groups in total. The summed E-state index contributed by atoms with van der Waals surface area (Å²) in [6.45, 7) is 2.81. The summed E-state index contributed by atoms with van der Waals surface area (Å²) >= 11 is 0. The molecule has 88 valence electrons. The Kier molecular flexibility index (Phi) is 3.49. The number of hydrogen-bond acceptors (Lipinski definition) is 3. The van der Waals surface area contributed by atoms with Crippen molar-refractivity contribution in [1.29, 1.82) is 0 Å². The molecule has 1 aliphatic carbocycles. The predicted octanol–water partition coefficient (Wildman–Crippen LogP) is 2.42. The molecular weight excluding hydrogens is 216 g/mol. The number of benzene rings is 1. The van der Waals surface area contributed by atoms with Crippen LogP contribution in [-0.4, -0.2) is 24.8 Å². The second kappa shape index (κ2) is 5.06. The van der Waals surface area contributed by atoms with Crippen molar-refractivity contribution in [3.63, 3.8) is 0 Å². The van der Waals surface area contributed by atoms with Gasteiger partial charge in [0.2, 0.25) is 0 Å². The van der Waals surface area contributed by atoms with Gasteiger partial charge < -0.3 is 4.74 Å². The zero-order valence-electron chi connectivity index (χ0n) is 9.73. The lowest BCUT2D eigenvalue weighted by molar-refractivity contribution is 0.0945. The number of carbonyl (C=O) groups is 2. The van der Waals surface area contributed by atoms with E-state index in [1.165, 1.54) is 6.08 Å². The Hall–Kier alpha value is -1.74. The van der Waals surface area contributed by atoms with Crippen LogP contribution in [0.3, 0.4) is 0 Å². The van der Waals surface area contributed by atoms with E-state index in [0.717, 1.165) is 6.42 Å². The molecule has 0 heterocycles. The summed E-state index contributed by atoms with van der Waals surface area (Å²) in [5.41, 5.74) is 1.41. The summed E-state index contributed by atoms with van der Waals surface area (Å²) in [5.74, 6) is -0.216. The summed E-state index contributed by atoms with van der Waals surface area (Å²) < 4.78 is 5.31. The van der Waals surface area contributed by atoms with Crippen molar-refractivity contribution in [1.82, 2.24) is 0 Å². The number of Topliss-reactive ketones (excluding diaryl/α,β-unsaturated/α-hetero) is 1. The number of carbonyl (C=O) groups excluding carboxylic acids is 2. The first-order valence-corrected chi connectivity index (χ1v) is 5.70. The number of rotatable bonds is 4. The zero-order chi connectivity index (χ0) is 12.3. The van der Waals surface area contributed by atoms with Gasteiger partial charge in [0.25, 0.3) is 0 Å². The van der Waals surface area contributed by atoms with Crippen LogP contribution in [0.2, 0.25) is 0 Å². The molecule has 0 spiro atoms. The highest BCUT2D eigenvalue weighted by atomic mass is 16.5. The Labute approximate surface area is 100 Å². The molecular formula is C14H14O3. The third kappa shape index (κ3) is 2.34. The van der Waals surface area contributed by atoms with E-state index in [-0.39, 0.29) is 18.2 Å². The van der Waals surface area contributed by atoms with Crippen LogP contribution in [0.5, 0.6) is 0 Å². The van der Waals surface area contributed by atoms with Crippen LogP contribution in [0.4, 0.5) is 0 Å². The lowest BCUT2D eigenvalue weighted by Crippen LogP contribution is -2.19. The van der Waals surface area contributed by atoms with Crippen LogP contribution in [0, 0.1) is 0 Å². The van der Waals surface area contributed by atoms with E-state index in [0.29, 0.717) is 23.3 Å².